The van der Waals surface area contributed by atoms with Gasteiger partial charge in [0.1, 0.15) is 5.75 Å². The zero-order chi connectivity index (χ0) is 22.8. The average molecular weight is 450 g/mol. The molecule has 0 radical (unpaired) electrons. The molecule has 0 N–H and O–H groups in total. The summed E-state index contributed by atoms with van der Waals surface area (Å²) >= 11 is 0. The van der Waals surface area contributed by atoms with Gasteiger partial charge in [0, 0.05) is 37.7 Å². The first-order chi connectivity index (χ1) is 16.1. The standard InChI is InChI=1S/C25H24F2N4O2/c26-20-10-9-18(15-21(20)27)33-23-19-16-31(24(32)17-7-3-1-4-8-17)14-11-22(19)28-25(29-23)30-12-5-2-6-13-30/h1,3-4,7-10,15H,2,5-6,11-14,16H2. The van der Waals surface area contributed by atoms with E-state index < -0.39 is 11.6 Å². The maximum absolute atomic E-state index is 13.8. The first kappa shape index (κ1) is 21.3. The molecule has 0 spiro atoms. The average Bonchev–Trinajstić information content (AvgIpc) is 2.86. The van der Waals surface area contributed by atoms with Crippen molar-refractivity contribution in [3.63, 3.8) is 0 Å². The third-order valence-corrected chi connectivity index (χ3v) is 6.06. The summed E-state index contributed by atoms with van der Waals surface area (Å²) in [5.74, 6) is -1.02. The van der Waals surface area contributed by atoms with E-state index in [4.69, 9.17) is 9.72 Å². The third kappa shape index (κ3) is 4.51. The molecule has 5 rings (SSSR count). The molecule has 0 bridgehead atoms. The fraction of sp³-hybridized carbons (Fsp3) is 0.320. The number of carbonyl (C=O) groups excluding carboxylic acids is 1. The molecule has 33 heavy (non-hydrogen) atoms. The van der Waals surface area contributed by atoms with Crippen molar-refractivity contribution in [2.45, 2.75) is 32.2 Å². The van der Waals surface area contributed by atoms with Gasteiger partial charge >= 0.3 is 0 Å². The Labute approximate surface area is 190 Å². The maximum Gasteiger partial charge on any atom is 0.254 e. The second kappa shape index (κ2) is 9.13. The van der Waals surface area contributed by atoms with Crippen molar-refractivity contribution >= 4 is 11.9 Å². The van der Waals surface area contributed by atoms with Crippen LogP contribution in [0.1, 0.15) is 40.9 Å². The molecular weight excluding hydrogens is 426 g/mol. The number of anilines is 1. The fourth-order valence-electron chi connectivity index (χ4n) is 4.28. The topological polar surface area (TPSA) is 58.6 Å². The van der Waals surface area contributed by atoms with E-state index in [1.807, 2.05) is 18.2 Å². The highest BCUT2D eigenvalue weighted by molar-refractivity contribution is 5.94. The highest BCUT2D eigenvalue weighted by Crippen LogP contribution is 2.33. The number of fused-ring (bicyclic) bond motifs is 1. The monoisotopic (exact) mass is 450 g/mol. The maximum atomic E-state index is 13.8. The van der Waals surface area contributed by atoms with Crippen LogP contribution in [0.3, 0.4) is 0 Å². The Hall–Kier alpha value is -3.55. The lowest BCUT2D eigenvalue weighted by atomic mass is 10.0. The summed E-state index contributed by atoms with van der Waals surface area (Å²) in [7, 11) is 0. The van der Waals surface area contributed by atoms with Crippen LogP contribution in [0.5, 0.6) is 11.6 Å². The van der Waals surface area contributed by atoms with Crippen LogP contribution in [0.2, 0.25) is 0 Å². The van der Waals surface area contributed by atoms with Crippen LogP contribution in [0.4, 0.5) is 14.7 Å². The number of piperidine rings is 1. The van der Waals surface area contributed by atoms with E-state index >= 15 is 0 Å². The summed E-state index contributed by atoms with van der Waals surface area (Å²) in [6.07, 6.45) is 3.87. The van der Waals surface area contributed by atoms with Gasteiger partial charge in [-0.2, -0.15) is 4.98 Å². The predicted molar refractivity (Wildman–Crippen MR) is 119 cm³/mol. The molecule has 0 atom stereocenters. The Morgan fingerprint density at radius 2 is 1.70 bits per heavy atom. The van der Waals surface area contributed by atoms with E-state index in [9.17, 15) is 13.6 Å². The number of halogens is 2. The van der Waals surface area contributed by atoms with Gasteiger partial charge in [-0.25, -0.2) is 13.8 Å². The summed E-state index contributed by atoms with van der Waals surface area (Å²) < 4.78 is 33.2. The van der Waals surface area contributed by atoms with Crippen LogP contribution in [0.25, 0.3) is 0 Å². The second-order valence-electron chi connectivity index (χ2n) is 8.32. The Bertz CT molecular complexity index is 1170. The van der Waals surface area contributed by atoms with Crippen LogP contribution < -0.4 is 9.64 Å². The Morgan fingerprint density at radius 3 is 2.45 bits per heavy atom. The van der Waals surface area contributed by atoms with Gasteiger partial charge < -0.3 is 14.5 Å². The van der Waals surface area contributed by atoms with Gasteiger partial charge in [0.05, 0.1) is 17.8 Å². The summed E-state index contributed by atoms with van der Waals surface area (Å²) in [6.45, 7) is 2.54. The number of rotatable bonds is 4. The highest BCUT2D eigenvalue weighted by atomic mass is 19.2. The van der Waals surface area contributed by atoms with Gasteiger partial charge in [-0.05, 0) is 43.5 Å². The van der Waals surface area contributed by atoms with Gasteiger partial charge in [0.25, 0.3) is 5.91 Å². The quantitative estimate of drug-likeness (QED) is 0.575. The highest BCUT2D eigenvalue weighted by Gasteiger charge is 2.28. The number of nitrogens with zero attached hydrogens (tertiary/aromatic N) is 4. The number of ether oxygens (including phenoxy) is 1. The number of carbonyl (C=O) groups is 1. The third-order valence-electron chi connectivity index (χ3n) is 6.06. The Kier molecular flexibility index (Phi) is 5.90. The molecule has 0 saturated carbocycles. The Balaban J connectivity index is 1.49. The molecule has 170 valence electrons. The van der Waals surface area contributed by atoms with Gasteiger partial charge in [-0.15, -0.1) is 0 Å². The minimum absolute atomic E-state index is 0.0832. The zero-order valence-corrected chi connectivity index (χ0v) is 18.1. The number of hydrogen-bond acceptors (Lipinski definition) is 5. The molecule has 1 aromatic heterocycles. The Morgan fingerprint density at radius 1 is 0.909 bits per heavy atom. The van der Waals surface area contributed by atoms with Crippen molar-refractivity contribution < 1.29 is 18.3 Å². The number of benzene rings is 2. The SMILES string of the molecule is O=C(c1ccccc1)N1CCc2nc(N3CCCCC3)nc(Oc3ccc(F)c(F)c3)c2C1. The van der Waals surface area contributed by atoms with E-state index in [1.54, 1.807) is 17.0 Å². The molecule has 0 unspecified atom stereocenters. The molecule has 8 heteroatoms. The molecular formula is C25H24F2N4O2. The minimum Gasteiger partial charge on any atom is -0.438 e. The van der Waals surface area contributed by atoms with Crippen molar-refractivity contribution in [2.24, 2.45) is 0 Å². The van der Waals surface area contributed by atoms with Crippen LogP contribution >= 0.6 is 0 Å². The van der Waals surface area contributed by atoms with Crippen molar-refractivity contribution in [1.82, 2.24) is 14.9 Å². The van der Waals surface area contributed by atoms with E-state index in [0.29, 0.717) is 30.0 Å². The van der Waals surface area contributed by atoms with E-state index in [1.165, 1.54) is 12.5 Å². The lowest BCUT2D eigenvalue weighted by molar-refractivity contribution is 0.0732. The van der Waals surface area contributed by atoms with Gasteiger partial charge in [0.15, 0.2) is 11.6 Å². The molecule has 2 aliphatic rings. The molecule has 2 aliphatic heterocycles. The smallest absolute Gasteiger partial charge is 0.254 e. The lowest BCUT2D eigenvalue weighted by Crippen LogP contribution is -2.37. The first-order valence-corrected chi connectivity index (χ1v) is 11.2. The number of aromatic nitrogens is 2. The van der Waals surface area contributed by atoms with Crippen molar-refractivity contribution in [1.29, 1.82) is 0 Å². The van der Waals surface area contributed by atoms with Gasteiger partial charge in [-0.3, -0.25) is 4.79 Å². The second-order valence-corrected chi connectivity index (χ2v) is 8.32. The molecule has 1 saturated heterocycles. The largest absolute Gasteiger partial charge is 0.438 e. The molecule has 3 heterocycles. The molecule has 0 aliphatic carbocycles. The number of amides is 1. The lowest BCUT2D eigenvalue weighted by Gasteiger charge is -2.32. The van der Waals surface area contributed by atoms with E-state index in [2.05, 4.69) is 9.88 Å². The van der Waals surface area contributed by atoms with Crippen LogP contribution in [0, 0.1) is 11.6 Å². The van der Waals surface area contributed by atoms with Crippen molar-refractivity contribution in [3.8, 4) is 11.6 Å². The molecule has 3 aromatic rings. The number of hydrogen-bond donors (Lipinski definition) is 0. The minimum atomic E-state index is -0.993. The summed E-state index contributed by atoms with van der Waals surface area (Å²) in [4.78, 5) is 26.3. The van der Waals surface area contributed by atoms with Crippen LogP contribution in [-0.4, -0.2) is 40.4 Å². The summed E-state index contributed by atoms with van der Waals surface area (Å²) in [5, 5.41) is 0. The molecule has 6 nitrogen and oxygen atoms in total. The van der Waals surface area contributed by atoms with E-state index in [0.717, 1.165) is 43.8 Å². The first-order valence-electron chi connectivity index (χ1n) is 11.2. The van der Waals surface area contributed by atoms with Gasteiger partial charge in [-0.1, -0.05) is 18.2 Å². The van der Waals surface area contributed by atoms with Crippen LogP contribution in [0.15, 0.2) is 48.5 Å². The fourth-order valence-corrected chi connectivity index (χ4v) is 4.28. The summed E-state index contributed by atoms with van der Waals surface area (Å²) in [6, 6.07) is 12.5. The molecule has 1 fully saturated rings. The molecule has 1 amide bonds. The van der Waals surface area contributed by atoms with Crippen molar-refractivity contribution in [2.75, 3.05) is 24.5 Å². The summed E-state index contributed by atoms with van der Waals surface area (Å²) in [5.41, 5.74) is 2.12. The zero-order valence-electron chi connectivity index (χ0n) is 18.1. The molecule has 2 aromatic carbocycles. The van der Waals surface area contributed by atoms with Gasteiger partial charge in [0.2, 0.25) is 11.8 Å². The normalized spacial score (nSPS) is 15.8. The van der Waals surface area contributed by atoms with E-state index in [-0.39, 0.29) is 24.1 Å². The van der Waals surface area contributed by atoms with Crippen molar-refractivity contribution in [3.05, 3.63) is 77.0 Å². The van der Waals surface area contributed by atoms with Crippen LogP contribution in [-0.2, 0) is 13.0 Å². The predicted octanol–water partition coefficient (Wildman–Crippen LogP) is 4.74.